The van der Waals surface area contributed by atoms with Crippen LogP contribution < -0.4 is 0 Å². The van der Waals surface area contributed by atoms with E-state index in [9.17, 15) is 4.79 Å². The average molecular weight is 310 g/mol. The molecule has 1 aliphatic carbocycles. The normalized spacial score (nSPS) is 21.3. The molecule has 2 fully saturated rings. The molecule has 1 heterocycles. The van der Waals surface area contributed by atoms with Crippen LogP contribution in [0, 0.1) is 17.2 Å². The van der Waals surface area contributed by atoms with Gasteiger partial charge in [-0.15, -0.1) is 0 Å². The lowest BCUT2D eigenvalue weighted by Gasteiger charge is -2.32. The molecule has 0 aromatic heterocycles. The van der Waals surface area contributed by atoms with E-state index in [1.54, 1.807) is 18.2 Å². The van der Waals surface area contributed by atoms with E-state index in [0.29, 0.717) is 12.1 Å². The zero-order chi connectivity index (χ0) is 16.1. The van der Waals surface area contributed by atoms with Crippen LogP contribution in [0.4, 0.5) is 0 Å². The molecule has 1 aromatic rings. The second kappa shape index (κ2) is 7.43. The van der Waals surface area contributed by atoms with Gasteiger partial charge in [-0.05, 0) is 49.3 Å². The van der Waals surface area contributed by atoms with Crippen molar-refractivity contribution in [2.45, 2.75) is 31.8 Å². The van der Waals surface area contributed by atoms with Gasteiger partial charge in [0.25, 0.3) is 0 Å². The van der Waals surface area contributed by atoms with Crippen LogP contribution >= 0.6 is 0 Å². The summed E-state index contributed by atoms with van der Waals surface area (Å²) in [6.07, 6.45) is 8.08. The van der Waals surface area contributed by atoms with Gasteiger partial charge in [-0.3, -0.25) is 4.79 Å². The number of ether oxygens (including phenoxy) is 1. The van der Waals surface area contributed by atoms with Crippen LogP contribution in [0.1, 0.15) is 36.8 Å². The number of piperidine rings is 1. The van der Waals surface area contributed by atoms with Crippen LogP contribution in [-0.2, 0) is 9.53 Å². The first-order valence-corrected chi connectivity index (χ1v) is 8.34. The highest BCUT2D eigenvalue weighted by Gasteiger charge is 2.26. The summed E-state index contributed by atoms with van der Waals surface area (Å²) >= 11 is 0. The van der Waals surface area contributed by atoms with Gasteiger partial charge in [-0.2, -0.15) is 5.26 Å². The molecule has 1 unspecified atom stereocenters. The Morgan fingerprint density at radius 1 is 1.35 bits per heavy atom. The molecule has 0 N–H and O–H groups in total. The molecule has 23 heavy (non-hydrogen) atoms. The van der Waals surface area contributed by atoms with Crippen LogP contribution in [-0.4, -0.2) is 36.6 Å². The molecule has 4 heteroatoms. The van der Waals surface area contributed by atoms with Gasteiger partial charge in [0.15, 0.2) is 0 Å². The molecule has 0 radical (unpaired) electrons. The molecule has 4 nitrogen and oxygen atoms in total. The predicted molar refractivity (Wildman–Crippen MR) is 88.5 cm³/mol. The number of rotatable bonds is 5. The summed E-state index contributed by atoms with van der Waals surface area (Å²) in [7, 11) is 0. The average Bonchev–Trinajstić information content (AvgIpc) is 3.43. The van der Waals surface area contributed by atoms with Crippen molar-refractivity contribution in [1.29, 1.82) is 5.26 Å². The van der Waals surface area contributed by atoms with Gasteiger partial charge in [0, 0.05) is 25.8 Å². The number of carbonyl (C=O) groups is 1. The quantitative estimate of drug-likeness (QED) is 0.786. The lowest BCUT2D eigenvalue weighted by atomic mass is 10.1. The lowest BCUT2D eigenvalue weighted by molar-refractivity contribution is -0.130. The molecule has 0 bridgehead atoms. The second-order valence-electron chi connectivity index (χ2n) is 6.36. The first-order chi connectivity index (χ1) is 11.3. The van der Waals surface area contributed by atoms with Gasteiger partial charge in [0.05, 0.1) is 17.7 Å². The number of amides is 1. The Morgan fingerprint density at radius 3 is 2.96 bits per heavy atom. The number of nitriles is 1. The topological polar surface area (TPSA) is 53.3 Å². The highest BCUT2D eigenvalue weighted by atomic mass is 16.5. The standard InChI is InChI=1S/C19H22N2O2/c20-12-17-5-2-1-4-16(17)9-10-19(22)21-11-3-6-18(13-21)23-14-15-7-8-15/h1-2,4-5,9-10,15,18H,3,6-8,11,13-14H2/b10-9+. The van der Waals surface area contributed by atoms with Crippen LogP contribution in [0.25, 0.3) is 6.08 Å². The molecule has 1 aliphatic heterocycles. The van der Waals surface area contributed by atoms with Gasteiger partial charge in [0.2, 0.25) is 5.91 Å². The Bertz CT molecular complexity index is 629. The van der Waals surface area contributed by atoms with Crippen molar-refractivity contribution in [1.82, 2.24) is 4.90 Å². The number of hydrogen-bond donors (Lipinski definition) is 0. The van der Waals surface area contributed by atoms with Crippen molar-refractivity contribution in [3.05, 3.63) is 41.5 Å². The summed E-state index contributed by atoms with van der Waals surface area (Å²) in [6, 6.07) is 9.44. The fourth-order valence-electron chi connectivity index (χ4n) is 2.84. The Morgan fingerprint density at radius 2 is 2.17 bits per heavy atom. The number of nitrogens with zero attached hydrogens (tertiary/aromatic N) is 2. The zero-order valence-corrected chi connectivity index (χ0v) is 13.3. The molecule has 1 amide bonds. The van der Waals surface area contributed by atoms with E-state index >= 15 is 0 Å². The first-order valence-electron chi connectivity index (χ1n) is 8.34. The summed E-state index contributed by atoms with van der Waals surface area (Å²) in [4.78, 5) is 14.2. The van der Waals surface area contributed by atoms with E-state index in [-0.39, 0.29) is 12.0 Å². The number of hydrogen-bond acceptors (Lipinski definition) is 3. The Balaban J connectivity index is 1.56. The minimum atomic E-state index is -0.00235. The zero-order valence-electron chi connectivity index (χ0n) is 13.3. The maximum atomic E-state index is 12.4. The maximum Gasteiger partial charge on any atom is 0.246 e. The third kappa shape index (κ3) is 4.43. The summed E-state index contributed by atoms with van der Waals surface area (Å²) in [5.41, 5.74) is 1.36. The number of carbonyl (C=O) groups excluding carboxylic acids is 1. The van der Waals surface area contributed by atoms with Crippen molar-refractivity contribution in [3.63, 3.8) is 0 Å². The summed E-state index contributed by atoms with van der Waals surface area (Å²) in [6.45, 7) is 2.31. The van der Waals surface area contributed by atoms with Gasteiger partial charge in [-0.1, -0.05) is 18.2 Å². The van der Waals surface area contributed by atoms with Crippen LogP contribution in [0.5, 0.6) is 0 Å². The van der Waals surface area contributed by atoms with Gasteiger partial charge >= 0.3 is 0 Å². The van der Waals surface area contributed by atoms with E-state index in [1.807, 2.05) is 23.1 Å². The Labute approximate surface area is 137 Å². The molecule has 0 spiro atoms. The Kier molecular flexibility index (Phi) is 5.09. The molecular formula is C19H22N2O2. The second-order valence-corrected chi connectivity index (χ2v) is 6.36. The van der Waals surface area contributed by atoms with E-state index < -0.39 is 0 Å². The molecule has 120 valence electrons. The summed E-state index contributed by atoms with van der Waals surface area (Å²) < 4.78 is 5.93. The minimum absolute atomic E-state index is 0.00235. The largest absolute Gasteiger partial charge is 0.376 e. The molecule has 2 aliphatic rings. The lowest BCUT2D eigenvalue weighted by Crippen LogP contribution is -2.42. The van der Waals surface area contributed by atoms with Crippen molar-refractivity contribution >= 4 is 12.0 Å². The van der Waals surface area contributed by atoms with E-state index in [2.05, 4.69) is 6.07 Å². The first kappa shape index (κ1) is 15.8. The summed E-state index contributed by atoms with van der Waals surface area (Å²) in [5.74, 6) is 0.751. The SMILES string of the molecule is N#Cc1ccccc1/C=C/C(=O)N1CCCC(OCC2CC2)C1. The molecular weight excluding hydrogens is 288 g/mol. The molecule has 1 saturated carbocycles. The number of likely N-dealkylation sites (tertiary alicyclic amines) is 1. The summed E-state index contributed by atoms with van der Waals surface area (Å²) in [5, 5.41) is 9.08. The van der Waals surface area contributed by atoms with Gasteiger partial charge in [0.1, 0.15) is 0 Å². The maximum absolute atomic E-state index is 12.4. The third-order valence-electron chi connectivity index (χ3n) is 4.44. The smallest absolute Gasteiger partial charge is 0.246 e. The Hall–Kier alpha value is -2.12. The monoisotopic (exact) mass is 310 g/mol. The van der Waals surface area contributed by atoms with Crippen molar-refractivity contribution < 1.29 is 9.53 Å². The molecule has 3 rings (SSSR count). The fraction of sp³-hybridized carbons (Fsp3) is 0.474. The van der Waals surface area contributed by atoms with Crippen LogP contribution in [0.2, 0.25) is 0 Å². The van der Waals surface area contributed by atoms with Crippen molar-refractivity contribution in [3.8, 4) is 6.07 Å². The molecule has 1 saturated heterocycles. The molecule has 1 aromatic carbocycles. The van der Waals surface area contributed by atoms with Crippen LogP contribution in [0.3, 0.4) is 0 Å². The van der Waals surface area contributed by atoms with E-state index in [4.69, 9.17) is 10.00 Å². The third-order valence-corrected chi connectivity index (χ3v) is 4.44. The minimum Gasteiger partial charge on any atom is -0.376 e. The van der Waals surface area contributed by atoms with Gasteiger partial charge in [-0.25, -0.2) is 0 Å². The van der Waals surface area contributed by atoms with E-state index in [0.717, 1.165) is 37.5 Å². The van der Waals surface area contributed by atoms with Crippen molar-refractivity contribution in [2.75, 3.05) is 19.7 Å². The number of benzene rings is 1. The highest BCUT2D eigenvalue weighted by Crippen LogP contribution is 2.30. The van der Waals surface area contributed by atoms with Crippen molar-refractivity contribution in [2.24, 2.45) is 5.92 Å². The van der Waals surface area contributed by atoms with Crippen LogP contribution in [0.15, 0.2) is 30.3 Å². The van der Waals surface area contributed by atoms with E-state index in [1.165, 1.54) is 12.8 Å². The highest BCUT2D eigenvalue weighted by molar-refractivity contribution is 5.92. The predicted octanol–water partition coefficient (Wildman–Crippen LogP) is 2.99. The fourth-order valence-corrected chi connectivity index (χ4v) is 2.84. The molecule has 1 atom stereocenters. The van der Waals surface area contributed by atoms with Gasteiger partial charge < -0.3 is 9.64 Å².